The Morgan fingerprint density at radius 3 is 1.56 bits per heavy atom. The molecular formula is C65H64N2S. The summed E-state index contributed by atoms with van der Waals surface area (Å²) in [7, 11) is 0. The van der Waals surface area contributed by atoms with Crippen molar-refractivity contribution in [2.45, 2.75) is 110 Å². The Hall–Kier alpha value is -6.42. The van der Waals surface area contributed by atoms with Gasteiger partial charge >= 0.3 is 0 Å². The summed E-state index contributed by atoms with van der Waals surface area (Å²) >= 11 is 1.89. The van der Waals surface area contributed by atoms with Crippen molar-refractivity contribution < 1.29 is 0 Å². The third kappa shape index (κ3) is 7.83. The van der Waals surface area contributed by atoms with E-state index in [0.29, 0.717) is 0 Å². The van der Waals surface area contributed by atoms with Crippen LogP contribution in [0.2, 0.25) is 0 Å². The van der Waals surface area contributed by atoms with Crippen LogP contribution in [0, 0.1) is 6.92 Å². The number of aryl methyl sites for hydroxylation is 1. The SMILES string of the molecule is Cc1cc2c(cc1N(c1cc(-c3ccccc3)cc(-c3cc4ccccc4cc3Nc3ccc(-c4ccccc4)cc3)c1)c1csc3cc4c(cc13)C(C)(C)CCC4(C)C)C(C)(C)CCC2(C)C. The number of hydrogen-bond acceptors (Lipinski definition) is 3. The standard InChI is InChI=1S/C65H64N2S/c1-42-32-54-56(64(6,7)30-28-62(54,2)3)39-59(42)67(60-41-68-61-40-57-55(38-53(60)61)63(4,5)29-31-65(57,8)9)51-34-48(44-20-14-11-15-21-44)33-49(35-51)52-36-46-22-16-17-23-47(46)37-58(52)66-50-26-24-45(25-27-50)43-18-12-10-13-19-43/h10-27,32-41,66H,28-31H2,1-9H3. The van der Waals surface area contributed by atoms with Gasteiger partial charge in [-0.15, -0.1) is 11.3 Å². The van der Waals surface area contributed by atoms with Crippen LogP contribution in [0.4, 0.5) is 28.4 Å². The number of anilines is 5. The quantitative estimate of drug-likeness (QED) is 0.163. The van der Waals surface area contributed by atoms with Crippen LogP contribution in [-0.4, -0.2) is 0 Å². The Morgan fingerprint density at radius 2 is 0.941 bits per heavy atom. The molecular weight excluding hydrogens is 841 g/mol. The first-order chi connectivity index (χ1) is 32.5. The molecule has 0 amide bonds. The molecule has 1 heterocycles. The molecule has 1 aromatic heterocycles. The molecule has 0 spiro atoms. The molecule has 0 saturated heterocycles. The van der Waals surface area contributed by atoms with E-state index in [1.54, 1.807) is 0 Å². The Labute approximate surface area is 408 Å². The molecule has 0 fully saturated rings. The molecule has 8 aromatic carbocycles. The van der Waals surface area contributed by atoms with Crippen LogP contribution < -0.4 is 10.2 Å². The van der Waals surface area contributed by atoms with Gasteiger partial charge in [-0.3, -0.25) is 0 Å². The summed E-state index contributed by atoms with van der Waals surface area (Å²) in [5.74, 6) is 0. The lowest BCUT2D eigenvalue weighted by molar-refractivity contribution is 0.332. The van der Waals surface area contributed by atoms with Crippen molar-refractivity contribution in [2.24, 2.45) is 0 Å². The van der Waals surface area contributed by atoms with Crippen LogP contribution in [0.15, 0.2) is 169 Å². The second-order valence-corrected chi connectivity index (χ2v) is 23.4. The molecule has 0 saturated carbocycles. The summed E-state index contributed by atoms with van der Waals surface area (Å²) in [4.78, 5) is 2.63. The number of nitrogens with one attached hydrogen (secondary N) is 1. The maximum absolute atomic E-state index is 3.92. The van der Waals surface area contributed by atoms with Crippen molar-refractivity contribution in [3.8, 4) is 33.4 Å². The average molecular weight is 905 g/mol. The molecule has 2 aliphatic rings. The fourth-order valence-corrected chi connectivity index (χ4v) is 12.4. The van der Waals surface area contributed by atoms with E-state index in [1.165, 1.54) is 102 Å². The molecule has 3 heteroatoms. The third-order valence-corrected chi connectivity index (χ3v) is 16.9. The highest BCUT2D eigenvalue weighted by Gasteiger charge is 2.40. The molecule has 2 nitrogen and oxygen atoms in total. The van der Waals surface area contributed by atoms with Crippen molar-refractivity contribution in [2.75, 3.05) is 10.2 Å². The number of hydrogen-bond donors (Lipinski definition) is 1. The minimum absolute atomic E-state index is 0.0480. The van der Waals surface area contributed by atoms with Crippen LogP contribution in [0.1, 0.15) is 109 Å². The predicted molar refractivity (Wildman–Crippen MR) is 295 cm³/mol. The van der Waals surface area contributed by atoms with Crippen molar-refractivity contribution in [3.05, 3.63) is 197 Å². The van der Waals surface area contributed by atoms with E-state index in [1.807, 2.05) is 11.3 Å². The van der Waals surface area contributed by atoms with Gasteiger partial charge in [0.15, 0.2) is 0 Å². The Morgan fingerprint density at radius 1 is 0.441 bits per heavy atom. The molecule has 0 unspecified atom stereocenters. The second-order valence-electron chi connectivity index (χ2n) is 22.5. The van der Waals surface area contributed by atoms with Gasteiger partial charge in [0.25, 0.3) is 0 Å². The zero-order valence-corrected chi connectivity index (χ0v) is 42.2. The lowest BCUT2D eigenvalue weighted by Gasteiger charge is -2.43. The van der Waals surface area contributed by atoms with E-state index in [-0.39, 0.29) is 21.7 Å². The van der Waals surface area contributed by atoms with Crippen LogP contribution >= 0.6 is 11.3 Å². The highest BCUT2D eigenvalue weighted by atomic mass is 32.1. The number of fused-ring (bicyclic) bond motifs is 4. The van der Waals surface area contributed by atoms with E-state index >= 15 is 0 Å². The number of benzene rings is 8. The fraction of sp³-hybridized carbons (Fsp3) is 0.262. The average Bonchev–Trinajstić information content (AvgIpc) is 3.75. The van der Waals surface area contributed by atoms with E-state index in [0.717, 1.165) is 34.6 Å². The maximum Gasteiger partial charge on any atom is 0.0647 e. The van der Waals surface area contributed by atoms with E-state index in [9.17, 15) is 0 Å². The van der Waals surface area contributed by atoms with Crippen LogP contribution in [0.25, 0.3) is 54.2 Å². The summed E-state index contributed by atoms with van der Waals surface area (Å²) in [5.41, 5.74) is 20.5. The highest BCUT2D eigenvalue weighted by molar-refractivity contribution is 7.17. The largest absolute Gasteiger partial charge is 0.355 e. The van der Waals surface area contributed by atoms with Gasteiger partial charge in [-0.2, -0.15) is 0 Å². The van der Waals surface area contributed by atoms with E-state index in [4.69, 9.17) is 0 Å². The maximum atomic E-state index is 3.92. The minimum Gasteiger partial charge on any atom is -0.355 e. The molecule has 1 N–H and O–H groups in total. The van der Waals surface area contributed by atoms with E-state index in [2.05, 4.69) is 242 Å². The molecule has 2 aliphatic carbocycles. The summed E-state index contributed by atoms with van der Waals surface area (Å²) < 4.78 is 1.35. The van der Waals surface area contributed by atoms with Gasteiger partial charge in [0.05, 0.1) is 5.69 Å². The first kappa shape index (κ1) is 44.1. The summed E-state index contributed by atoms with van der Waals surface area (Å²) in [6.07, 6.45) is 4.72. The summed E-state index contributed by atoms with van der Waals surface area (Å²) in [6, 6.07) is 61.5. The molecule has 0 atom stereocenters. The molecule has 9 aromatic rings. The topological polar surface area (TPSA) is 15.3 Å². The lowest BCUT2D eigenvalue weighted by Crippen LogP contribution is -2.34. The van der Waals surface area contributed by atoms with Crippen LogP contribution in [0.5, 0.6) is 0 Å². The molecule has 68 heavy (non-hydrogen) atoms. The van der Waals surface area contributed by atoms with Crippen molar-refractivity contribution in [1.82, 2.24) is 0 Å². The molecule has 0 bridgehead atoms. The van der Waals surface area contributed by atoms with Crippen LogP contribution in [-0.2, 0) is 21.7 Å². The van der Waals surface area contributed by atoms with Gasteiger partial charge < -0.3 is 10.2 Å². The summed E-state index contributed by atoms with van der Waals surface area (Å²) in [5, 5.41) is 10.1. The zero-order valence-electron chi connectivity index (χ0n) is 41.3. The van der Waals surface area contributed by atoms with E-state index < -0.39 is 0 Å². The normalized spacial score (nSPS) is 16.5. The molecule has 0 radical (unpaired) electrons. The number of thiophene rings is 1. The first-order valence-electron chi connectivity index (χ1n) is 24.7. The highest BCUT2D eigenvalue weighted by Crippen LogP contribution is 2.54. The predicted octanol–water partition coefficient (Wildman–Crippen LogP) is 19.3. The first-order valence-corrected chi connectivity index (χ1v) is 25.6. The molecule has 11 rings (SSSR count). The smallest absolute Gasteiger partial charge is 0.0647 e. The van der Waals surface area contributed by atoms with Gasteiger partial charge in [0.2, 0.25) is 0 Å². The Balaban J connectivity index is 1.16. The Kier molecular flexibility index (Phi) is 10.6. The number of rotatable bonds is 8. The third-order valence-electron chi connectivity index (χ3n) is 15.9. The van der Waals surface area contributed by atoms with Gasteiger partial charge in [0, 0.05) is 43.8 Å². The van der Waals surface area contributed by atoms with Crippen molar-refractivity contribution in [1.29, 1.82) is 0 Å². The summed E-state index contributed by atoms with van der Waals surface area (Å²) in [6.45, 7) is 21.9. The van der Waals surface area contributed by atoms with Crippen LogP contribution in [0.3, 0.4) is 0 Å². The zero-order chi connectivity index (χ0) is 47.2. The second kappa shape index (κ2) is 16.4. The fourth-order valence-electron chi connectivity index (χ4n) is 11.4. The monoisotopic (exact) mass is 904 g/mol. The molecule has 340 valence electrons. The molecule has 0 aliphatic heterocycles. The number of nitrogens with zero attached hydrogens (tertiary/aromatic N) is 1. The van der Waals surface area contributed by atoms with Gasteiger partial charge in [-0.25, -0.2) is 0 Å². The van der Waals surface area contributed by atoms with Gasteiger partial charge in [-0.05, 0) is 181 Å². The van der Waals surface area contributed by atoms with Gasteiger partial charge in [0.1, 0.15) is 0 Å². The Bertz CT molecular complexity index is 3370. The van der Waals surface area contributed by atoms with Crippen molar-refractivity contribution in [3.63, 3.8) is 0 Å². The minimum atomic E-state index is 0.0480. The van der Waals surface area contributed by atoms with Crippen molar-refractivity contribution >= 4 is 60.6 Å². The lowest BCUT2D eigenvalue weighted by atomic mass is 9.62. The van der Waals surface area contributed by atoms with Gasteiger partial charge in [-0.1, -0.05) is 159 Å².